The molecule has 0 spiro atoms. The first kappa shape index (κ1) is 25.0. The lowest BCUT2D eigenvalue weighted by atomic mass is 9.94. The number of ether oxygens (including phenoxy) is 1. The third-order valence-electron chi connectivity index (χ3n) is 5.65. The molecule has 182 valence electrons. The summed E-state index contributed by atoms with van der Waals surface area (Å²) in [5.74, 6) is 0.0467. The second kappa shape index (κ2) is 10.7. The molecule has 0 radical (unpaired) electrons. The average Bonchev–Trinajstić information content (AvgIpc) is 3.38. The van der Waals surface area contributed by atoms with Crippen LogP contribution in [-0.2, 0) is 19.6 Å². The summed E-state index contributed by atoms with van der Waals surface area (Å²) in [4.78, 5) is 27.5. The molecule has 1 aliphatic carbocycles. The molecule has 8 nitrogen and oxygen atoms in total. The number of amides is 2. The fourth-order valence-electron chi connectivity index (χ4n) is 3.99. The van der Waals surface area contributed by atoms with Gasteiger partial charge in [-0.3, -0.25) is 14.5 Å². The number of hydrogen-bond donors (Lipinski definition) is 1. The van der Waals surface area contributed by atoms with Gasteiger partial charge in [0.2, 0.25) is 11.8 Å². The van der Waals surface area contributed by atoms with E-state index in [9.17, 15) is 18.0 Å². The van der Waals surface area contributed by atoms with Crippen molar-refractivity contribution >= 4 is 67.4 Å². The van der Waals surface area contributed by atoms with E-state index in [1.165, 1.54) is 17.0 Å². The number of carbonyl (C=O) groups excluding carboxylic acids is 2. The van der Waals surface area contributed by atoms with E-state index in [0.29, 0.717) is 15.8 Å². The maximum atomic E-state index is 13.3. The van der Waals surface area contributed by atoms with Gasteiger partial charge in [0.1, 0.15) is 15.2 Å². The predicted molar refractivity (Wildman–Crippen MR) is 135 cm³/mol. The van der Waals surface area contributed by atoms with Crippen molar-refractivity contribution in [3.63, 3.8) is 0 Å². The Morgan fingerprint density at radius 2 is 1.88 bits per heavy atom. The summed E-state index contributed by atoms with van der Waals surface area (Å²) < 4.78 is 35.3. The van der Waals surface area contributed by atoms with Crippen LogP contribution in [0.1, 0.15) is 38.5 Å². The fraction of sp³-hybridized carbons (Fsp3) is 0.409. The maximum Gasteiger partial charge on any atom is 0.294 e. The van der Waals surface area contributed by atoms with Gasteiger partial charge >= 0.3 is 0 Å². The lowest BCUT2D eigenvalue weighted by Crippen LogP contribution is -2.42. The number of amidine groups is 1. The number of thiophene rings is 1. The summed E-state index contributed by atoms with van der Waals surface area (Å²) in [6.45, 7) is 0. The van der Waals surface area contributed by atoms with Gasteiger partial charge in [-0.15, -0.1) is 15.7 Å². The Morgan fingerprint density at radius 3 is 2.50 bits per heavy atom. The molecule has 1 aliphatic heterocycles. The van der Waals surface area contributed by atoms with Crippen LogP contribution in [-0.4, -0.2) is 48.7 Å². The van der Waals surface area contributed by atoms with Crippen LogP contribution in [0.3, 0.4) is 0 Å². The van der Waals surface area contributed by atoms with Crippen molar-refractivity contribution < 1.29 is 22.7 Å². The van der Waals surface area contributed by atoms with E-state index >= 15 is 0 Å². The Kier molecular flexibility index (Phi) is 7.86. The van der Waals surface area contributed by atoms with Gasteiger partial charge in [-0.1, -0.05) is 42.6 Å². The lowest BCUT2D eigenvalue weighted by Gasteiger charge is -2.30. The molecule has 2 aliphatic rings. The SMILES string of the molecule is COc1ccc(NC(=O)CC2S/C(=N/S(=O)(=O)c3ccc(Cl)s3)N(C3CCCCC3)C2=O)cc1. The van der Waals surface area contributed by atoms with Crippen molar-refractivity contribution in [1.29, 1.82) is 0 Å². The molecule has 2 amide bonds. The molecular formula is C22H24ClN3O5S3. The van der Waals surface area contributed by atoms with Crippen LogP contribution in [0.5, 0.6) is 5.75 Å². The van der Waals surface area contributed by atoms with Crippen molar-refractivity contribution in [3.05, 3.63) is 40.7 Å². The fourth-order valence-corrected chi connectivity index (χ4v) is 7.86. The Morgan fingerprint density at radius 1 is 1.18 bits per heavy atom. The first-order chi connectivity index (χ1) is 16.3. The number of benzene rings is 1. The van der Waals surface area contributed by atoms with E-state index in [1.807, 2.05) is 0 Å². The van der Waals surface area contributed by atoms with Gasteiger partial charge in [0.15, 0.2) is 5.17 Å². The molecule has 1 saturated heterocycles. The molecular weight excluding hydrogens is 518 g/mol. The Labute approximate surface area is 211 Å². The van der Waals surface area contributed by atoms with E-state index in [4.69, 9.17) is 16.3 Å². The molecule has 1 unspecified atom stereocenters. The van der Waals surface area contributed by atoms with Crippen LogP contribution in [0.15, 0.2) is 45.0 Å². The van der Waals surface area contributed by atoms with Crippen molar-refractivity contribution in [3.8, 4) is 5.75 Å². The molecule has 4 rings (SSSR count). The van der Waals surface area contributed by atoms with Gasteiger partial charge in [0.05, 0.1) is 11.4 Å². The highest BCUT2D eigenvalue weighted by atomic mass is 35.5. The maximum absolute atomic E-state index is 13.3. The quantitative estimate of drug-likeness (QED) is 0.542. The Hall–Kier alpha value is -2.08. The zero-order chi connectivity index (χ0) is 24.3. The third-order valence-corrected chi connectivity index (χ3v) is 9.88. The molecule has 2 aromatic rings. The van der Waals surface area contributed by atoms with Crippen molar-refractivity contribution in [1.82, 2.24) is 4.90 Å². The second-order valence-electron chi connectivity index (χ2n) is 7.99. The highest BCUT2D eigenvalue weighted by molar-refractivity contribution is 8.16. The summed E-state index contributed by atoms with van der Waals surface area (Å²) >= 11 is 7.85. The average molecular weight is 542 g/mol. The van der Waals surface area contributed by atoms with E-state index in [0.717, 1.165) is 55.2 Å². The molecule has 1 aromatic heterocycles. The van der Waals surface area contributed by atoms with Gasteiger partial charge < -0.3 is 10.1 Å². The summed E-state index contributed by atoms with van der Waals surface area (Å²) in [5, 5.41) is 2.16. The summed E-state index contributed by atoms with van der Waals surface area (Å²) in [6, 6.07) is 9.64. The van der Waals surface area contributed by atoms with Crippen molar-refractivity contribution in [2.75, 3.05) is 12.4 Å². The summed E-state index contributed by atoms with van der Waals surface area (Å²) in [7, 11) is -2.47. The number of nitrogens with zero attached hydrogens (tertiary/aromatic N) is 2. The smallest absolute Gasteiger partial charge is 0.294 e. The Bertz CT molecular complexity index is 1190. The van der Waals surface area contributed by atoms with Crippen LogP contribution in [0.2, 0.25) is 4.34 Å². The number of halogens is 1. The van der Waals surface area contributed by atoms with Crippen LogP contribution in [0.4, 0.5) is 5.69 Å². The van der Waals surface area contributed by atoms with Gasteiger partial charge in [-0.25, -0.2) is 0 Å². The molecule has 2 heterocycles. The van der Waals surface area contributed by atoms with Crippen LogP contribution in [0, 0.1) is 0 Å². The molecule has 1 atom stereocenters. The van der Waals surface area contributed by atoms with Crippen LogP contribution in [0.25, 0.3) is 0 Å². The number of thioether (sulfide) groups is 1. The minimum atomic E-state index is -4.03. The number of carbonyl (C=O) groups is 2. The van der Waals surface area contributed by atoms with E-state index in [2.05, 4.69) is 9.71 Å². The minimum Gasteiger partial charge on any atom is -0.497 e. The molecule has 1 N–H and O–H groups in total. The number of nitrogens with one attached hydrogen (secondary N) is 1. The van der Waals surface area contributed by atoms with Crippen LogP contribution < -0.4 is 10.1 Å². The largest absolute Gasteiger partial charge is 0.497 e. The molecule has 34 heavy (non-hydrogen) atoms. The van der Waals surface area contributed by atoms with E-state index < -0.39 is 15.3 Å². The monoisotopic (exact) mass is 541 g/mol. The third kappa shape index (κ3) is 5.76. The lowest BCUT2D eigenvalue weighted by molar-refractivity contribution is -0.130. The molecule has 0 bridgehead atoms. The van der Waals surface area contributed by atoms with E-state index in [-0.39, 0.29) is 33.7 Å². The minimum absolute atomic E-state index is 0.0161. The zero-order valence-electron chi connectivity index (χ0n) is 18.4. The number of sulfonamides is 1. The second-order valence-corrected chi connectivity index (χ2v) is 12.7. The standard InChI is InChI=1S/C22H24ClN3O5S3/c1-31-16-9-7-14(8-10-16)24-19(27)13-17-21(28)26(15-5-3-2-4-6-15)22(32-17)25-34(29,30)20-12-11-18(23)33-20/h7-12,15,17H,2-6,13H2,1H3,(H,24,27)/b25-22+. The van der Waals surface area contributed by atoms with Gasteiger partial charge in [-0.05, 0) is 49.2 Å². The number of rotatable bonds is 7. The van der Waals surface area contributed by atoms with Gasteiger partial charge in [-0.2, -0.15) is 8.42 Å². The molecule has 12 heteroatoms. The predicted octanol–water partition coefficient (Wildman–Crippen LogP) is 4.76. The van der Waals surface area contributed by atoms with Crippen molar-refractivity contribution in [2.24, 2.45) is 4.40 Å². The van der Waals surface area contributed by atoms with Crippen LogP contribution >= 0.6 is 34.7 Å². The normalized spacial score (nSPS) is 20.6. The first-order valence-electron chi connectivity index (χ1n) is 10.8. The van der Waals surface area contributed by atoms with Gasteiger partial charge in [0.25, 0.3) is 10.0 Å². The number of hydrogen-bond acceptors (Lipinski definition) is 7. The topological polar surface area (TPSA) is 105 Å². The number of anilines is 1. The zero-order valence-corrected chi connectivity index (χ0v) is 21.6. The molecule has 1 aromatic carbocycles. The first-order valence-corrected chi connectivity index (χ1v) is 14.3. The molecule has 2 fully saturated rings. The van der Waals surface area contributed by atoms with Gasteiger partial charge in [0, 0.05) is 18.2 Å². The summed E-state index contributed by atoms with van der Waals surface area (Å²) in [6.07, 6.45) is 4.47. The summed E-state index contributed by atoms with van der Waals surface area (Å²) in [5.41, 5.74) is 0.580. The highest BCUT2D eigenvalue weighted by Gasteiger charge is 2.43. The Balaban J connectivity index is 1.54. The van der Waals surface area contributed by atoms with Crippen molar-refractivity contribution in [2.45, 2.75) is 54.0 Å². The van der Waals surface area contributed by atoms with E-state index in [1.54, 1.807) is 31.4 Å². The highest BCUT2D eigenvalue weighted by Crippen LogP contribution is 2.37. The molecule has 1 saturated carbocycles. The number of methoxy groups -OCH3 is 1.